The molecule has 1 aliphatic heterocycles. The third kappa shape index (κ3) is 4.04. The number of carbonyl (C=O) groups is 2. The lowest BCUT2D eigenvalue weighted by molar-refractivity contribution is -0.131. The fourth-order valence-electron chi connectivity index (χ4n) is 3.31. The lowest BCUT2D eigenvalue weighted by atomic mass is 9.89. The molecule has 2 aromatic carbocycles. The van der Waals surface area contributed by atoms with Crippen LogP contribution in [0.25, 0.3) is 0 Å². The van der Waals surface area contributed by atoms with Crippen LogP contribution in [0.15, 0.2) is 48.5 Å². The number of anilines is 1. The van der Waals surface area contributed by atoms with Gasteiger partial charge in [0.05, 0.1) is 7.11 Å². The number of rotatable bonds is 6. The molecule has 0 fully saturated rings. The summed E-state index contributed by atoms with van der Waals surface area (Å²) in [5.41, 5.74) is 2.98. The van der Waals surface area contributed by atoms with Crippen LogP contribution in [0.3, 0.4) is 0 Å². The summed E-state index contributed by atoms with van der Waals surface area (Å²) in [4.78, 5) is 26.4. The molecule has 0 aliphatic carbocycles. The number of amides is 2. The Kier molecular flexibility index (Phi) is 5.56. The quantitative estimate of drug-likeness (QED) is 0.868. The second kappa shape index (κ2) is 8.04. The summed E-state index contributed by atoms with van der Waals surface area (Å²) in [5.74, 6) is 0.648. The molecular weight excluding hydrogens is 328 g/mol. The number of carbonyl (C=O) groups excluding carboxylic acids is 2. The molecule has 0 spiro atoms. The number of hydrogen-bond donors (Lipinski definition) is 1. The van der Waals surface area contributed by atoms with Gasteiger partial charge in [0.25, 0.3) is 0 Å². The van der Waals surface area contributed by atoms with Gasteiger partial charge in [-0.3, -0.25) is 9.59 Å². The van der Waals surface area contributed by atoms with Crippen molar-refractivity contribution in [1.29, 1.82) is 0 Å². The SMILES string of the molecule is COc1ccccc1CN(C)C(=O)CC[C@H]1Cc2ccccc2NC1=O. The molecule has 136 valence electrons. The van der Waals surface area contributed by atoms with Crippen LogP contribution in [-0.4, -0.2) is 30.9 Å². The van der Waals surface area contributed by atoms with Gasteiger partial charge in [-0.15, -0.1) is 0 Å². The van der Waals surface area contributed by atoms with E-state index in [1.54, 1.807) is 19.1 Å². The Labute approximate surface area is 154 Å². The summed E-state index contributed by atoms with van der Waals surface area (Å²) in [6, 6.07) is 15.5. The average Bonchev–Trinajstić information content (AvgIpc) is 2.66. The minimum absolute atomic E-state index is 0.00359. The maximum Gasteiger partial charge on any atom is 0.227 e. The summed E-state index contributed by atoms with van der Waals surface area (Å²) >= 11 is 0. The minimum atomic E-state index is -0.159. The zero-order valence-electron chi connectivity index (χ0n) is 15.2. The molecule has 0 aromatic heterocycles. The van der Waals surface area contributed by atoms with E-state index in [2.05, 4.69) is 5.32 Å². The zero-order valence-corrected chi connectivity index (χ0v) is 15.2. The first kappa shape index (κ1) is 18.0. The highest BCUT2D eigenvalue weighted by Crippen LogP contribution is 2.28. The van der Waals surface area contributed by atoms with Crippen LogP contribution in [0.2, 0.25) is 0 Å². The molecule has 0 bridgehead atoms. The van der Waals surface area contributed by atoms with Gasteiger partial charge in [0.15, 0.2) is 0 Å². The Morgan fingerprint density at radius 2 is 1.92 bits per heavy atom. The van der Waals surface area contributed by atoms with E-state index in [9.17, 15) is 9.59 Å². The van der Waals surface area contributed by atoms with Crippen molar-refractivity contribution in [3.63, 3.8) is 0 Å². The minimum Gasteiger partial charge on any atom is -0.496 e. The third-order valence-corrected chi connectivity index (χ3v) is 4.84. The molecule has 1 heterocycles. The van der Waals surface area contributed by atoms with Gasteiger partial charge in [-0.25, -0.2) is 0 Å². The Bertz CT molecular complexity index is 803. The maximum atomic E-state index is 12.5. The first-order valence-corrected chi connectivity index (χ1v) is 8.83. The molecule has 0 radical (unpaired) electrons. The van der Waals surface area contributed by atoms with E-state index in [-0.39, 0.29) is 17.7 Å². The number of para-hydroxylation sites is 2. The highest BCUT2D eigenvalue weighted by atomic mass is 16.5. The normalized spacial score (nSPS) is 15.8. The molecule has 3 rings (SSSR count). The highest BCUT2D eigenvalue weighted by Gasteiger charge is 2.26. The van der Waals surface area contributed by atoms with Crippen LogP contribution in [0.5, 0.6) is 5.75 Å². The molecular formula is C21H24N2O3. The van der Waals surface area contributed by atoms with E-state index in [0.717, 1.165) is 22.6 Å². The molecule has 5 nitrogen and oxygen atoms in total. The van der Waals surface area contributed by atoms with Gasteiger partial charge < -0.3 is 15.0 Å². The Morgan fingerprint density at radius 1 is 1.19 bits per heavy atom. The van der Waals surface area contributed by atoms with Crippen LogP contribution in [0, 0.1) is 5.92 Å². The number of hydrogen-bond acceptors (Lipinski definition) is 3. The highest BCUT2D eigenvalue weighted by molar-refractivity contribution is 5.96. The summed E-state index contributed by atoms with van der Waals surface area (Å²) in [6.45, 7) is 0.489. The zero-order chi connectivity index (χ0) is 18.5. The lowest BCUT2D eigenvalue weighted by Gasteiger charge is -2.25. The van der Waals surface area contributed by atoms with Gasteiger partial charge in [-0.2, -0.15) is 0 Å². The molecule has 5 heteroatoms. The van der Waals surface area contributed by atoms with Gasteiger partial charge in [0, 0.05) is 37.2 Å². The van der Waals surface area contributed by atoms with E-state index in [4.69, 9.17) is 4.74 Å². The molecule has 0 saturated heterocycles. The van der Waals surface area contributed by atoms with Crippen LogP contribution in [0.1, 0.15) is 24.0 Å². The third-order valence-electron chi connectivity index (χ3n) is 4.84. The lowest BCUT2D eigenvalue weighted by Crippen LogP contribution is -2.32. The second-order valence-corrected chi connectivity index (χ2v) is 6.65. The van der Waals surface area contributed by atoms with Gasteiger partial charge in [0.2, 0.25) is 11.8 Å². The summed E-state index contributed by atoms with van der Waals surface area (Å²) in [6.07, 6.45) is 1.59. The van der Waals surface area contributed by atoms with Crippen molar-refractivity contribution >= 4 is 17.5 Å². The first-order chi connectivity index (χ1) is 12.6. The van der Waals surface area contributed by atoms with Crippen LogP contribution >= 0.6 is 0 Å². The van der Waals surface area contributed by atoms with Gasteiger partial charge >= 0.3 is 0 Å². The van der Waals surface area contributed by atoms with E-state index in [0.29, 0.717) is 25.8 Å². The number of fused-ring (bicyclic) bond motifs is 1. The van der Waals surface area contributed by atoms with Gasteiger partial charge in [-0.05, 0) is 30.5 Å². The van der Waals surface area contributed by atoms with E-state index < -0.39 is 0 Å². The number of benzene rings is 2. The standard InChI is InChI=1S/C21H24N2O3/c1-23(14-17-8-4-6-10-19(17)26-2)20(24)12-11-16-13-15-7-3-5-9-18(15)22-21(16)25/h3-10,16H,11-14H2,1-2H3,(H,22,25)/t16-/m0/s1. The number of nitrogens with one attached hydrogen (secondary N) is 1. The van der Waals surface area contributed by atoms with Crippen molar-refractivity contribution in [2.45, 2.75) is 25.8 Å². The van der Waals surface area contributed by atoms with E-state index >= 15 is 0 Å². The van der Waals surface area contributed by atoms with Crippen LogP contribution < -0.4 is 10.1 Å². The molecule has 1 aliphatic rings. The largest absolute Gasteiger partial charge is 0.496 e. The fraction of sp³-hybridized carbons (Fsp3) is 0.333. The molecule has 1 atom stereocenters. The fourth-order valence-corrected chi connectivity index (χ4v) is 3.31. The maximum absolute atomic E-state index is 12.5. The molecule has 1 N–H and O–H groups in total. The molecule has 2 amide bonds. The Morgan fingerprint density at radius 3 is 2.73 bits per heavy atom. The van der Waals surface area contributed by atoms with Crippen molar-refractivity contribution in [2.24, 2.45) is 5.92 Å². The number of ether oxygens (including phenoxy) is 1. The topological polar surface area (TPSA) is 58.6 Å². The Balaban J connectivity index is 1.56. The average molecular weight is 352 g/mol. The number of methoxy groups -OCH3 is 1. The van der Waals surface area contributed by atoms with Crippen molar-refractivity contribution in [2.75, 3.05) is 19.5 Å². The van der Waals surface area contributed by atoms with Crippen molar-refractivity contribution < 1.29 is 14.3 Å². The summed E-state index contributed by atoms with van der Waals surface area (Å²) in [5, 5.41) is 2.94. The van der Waals surface area contributed by atoms with E-state index in [1.165, 1.54) is 0 Å². The second-order valence-electron chi connectivity index (χ2n) is 6.65. The predicted molar refractivity (Wildman–Crippen MR) is 101 cm³/mol. The number of nitrogens with zero attached hydrogens (tertiary/aromatic N) is 1. The molecule has 26 heavy (non-hydrogen) atoms. The summed E-state index contributed by atoms with van der Waals surface area (Å²) < 4.78 is 5.34. The van der Waals surface area contributed by atoms with Gasteiger partial charge in [-0.1, -0.05) is 36.4 Å². The first-order valence-electron chi connectivity index (χ1n) is 8.83. The van der Waals surface area contributed by atoms with Crippen molar-refractivity contribution in [3.8, 4) is 5.75 Å². The summed E-state index contributed by atoms with van der Waals surface area (Å²) in [7, 11) is 3.41. The smallest absolute Gasteiger partial charge is 0.227 e. The van der Waals surface area contributed by atoms with Crippen LogP contribution in [0.4, 0.5) is 5.69 Å². The predicted octanol–water partition coefficient (Wildman–Crippen LogP) is 3.24. The molecule has 2 aromatic rings. The monoisotopic (exact) mass is 352 g/mol. The molecule has 0 unspecified atom stereocenters. The molecule has 0 saturated carbocycles. The van der Waals surface area contributed by atoms with E-state index in [1.807, 2.05) is 48.5 Å². The van der Waals surface area contributed by atoms with Gasteiger partial charge in [0.1, 0.15) is 5.75 Å². The Hall–Kier alpha value is -2.82. The van der Waals surface area contributed by atoms with Crippen LogP contribution in [-0.2, 0) is 22.6 Å². The van der Waals surface area contributed by atoms with Crippen molar-refractivity contribution in [1.82, 2.24) is 4.90 Å². The van der Waals surface area contributed by atoms with Crippen molar-refractivity contribution in [3.05, 3.63) is 59.7 Å².